The van der Waals surface area contributed by atoms with Crippen LogP contribution in [-0.4, -0.2) is 58.2 Å². The highest BCUT2D eigenvalue weighted by Crippen LogP contribution is 2.59. The maximum absolute atomic E-state index is 13.2. The van der Waals surface area contributed by atoms with Gasteiger partial charge in [0.2, 0.25) is 11.8 Å². The Labute approximate surface area is 193 Å². The lowest BCUT2D eigenvalue weighted by molar-refractivity contribution is -0.137. The second-order valence-corrected chi connectivity index (χ2v) is 10.8. The van der Waals surface area contributed by atoms with Gasteiger partial charge in [0.25, 0.3) is 5.91 Å². The van der Waals surface area contributed by atoms with Gasteiger partial charge in [-0.05, 0) is 73.8 Å². The van der Waals surface area contributed by atoms with Crippen LogP contribution in [0.15, 0.2) is 24.4 Å². The first-order valence-corrected chi connectivity index (χ1v) is 12.3. The fourth-order valence-electron chi connectivity index (χ4n) is 7.31. The predicted octanol–water partition coefficient (Wildman–Crippen LogP) is 1.78. The normalized spacial score (nSPS) is 30.5. The molecular weight excluding hydrogens is 418 g/mol. The number of amides is 3. The van der Waals surface area contributed by atoms with Gasteiger partial charge >= 0.3 is 0 Å². The average molecular weight is 450 g/mol. The van der Waals surface area contributed by atoms with E-state index in [-0.39, 0.29) is 36.1 Å². The van der Waals surface area contributed by atoms with Gasteiger partial charge in [-0.2, -0.15) is 0 Å². The number of carbonyl (C=O) groups is 3. The topological polar surface area (TPSA) is 95.8 Å². The van der Waals surface area contributed by atoms with E-state index < -0.39 is 0 Å². The fourth-order valence-corrected chi connectivity index (χ4v) is 7.31. The van der Waals surface area contributed by atoms with Gasteiger partial charge in [-0.25, -0.2) is 4.98 Å². The molecule has 4 saturated carbocycles. The molecule has 2 aromatic heterocycles. The number of hydrogen-bond donors (Lipinski definition) is 2. The number of hydrogen-bond acceptors (Lipinski definition) is 4. The summed E-state index contributed by atoms with van der Waals surface area (Å²) >= 11 is 0. The Hall–Kier alpha value is -2.90. The van der Waals surface area contributed by atoms with Crippen LogP contribution in [0.4, 0.5) is 0 Å². The van der Waals surface area contributed by atoms with Crippen molar-refractivity contribution in [3.8, 4) is 0 Å². The van der Waals surface area contributed by atoms with Crippen LogP contribution in [0.2, 0.25) is 0 Å². The number of nitrogens with one attached hydrogen (secondary N) is 2. The molecule has 1 saturated heterocycles. The average Bonchev–Trinajstić information content (AvgIpc) is 3.19. The summed E-state index contributed by atoms with van der Waals surface area (Å²) < 4.78 is 1.78. The number of rotatable bonds is 5. The van der Waals surface area contributed by atoms with E-state index in [1.807, 2.05) is 18.2 Å². The molecule has 2 N–H and O–H groups in total. The Morgan fingerprint density at radius 2 is 1.85 bits per heavy atom. The molecule has 3 amide bonds. The maximum Gasteiger partial charge on any atom is 0.268 e. The zero-order valence-electron chi connectivity index (χ0n) is 18.9. The molecule has 0 spiro atoms. The summed E-state index contributed by atoms with van der Waals surface area (Å²) in [6.07, 6.45) is 9.85. The van der Waals surface area contributed by atoms with Crippen molar-refractivity contribution in [2.45, 2.75) is 44.9 Å². The Morgan fingerprint density at radius 3 is 2.55 bits per heavy atom. The standard InChI is InChI=1S/C25H31N5O3/c31-22-14-29(5-4-26-22)23(32)9-19-13-30-20(2-1-3-21(30)28-19)24(33)27-15-25-10-16-6-17(11-25)8-18(7-16)12-25/h1-3,13,16-18H,4-12,14-15H2,(H,26,31)(H,27,33). The minimum Gasteiger partial charge on any atom is -0.353 e. The number of piperazine rings is 1. The van der Waals surface area contributed by atoms with Crippen LogP contribution in [0, 0.1) is 23.2 Å². The summed E-state index contributed by atoms with van der Waals surface area (Å²) in [7, 11) is 0. The zero-order valence-corrected chi connectivity index (χ0v) is 18.9. The van der Waals surface area contributed by atoms with Gasteiger partial charge in [-0.15, -0.1) is 0 Å². The first-order valence-electron chi connectivity index (χ1n) is 12.3. The van der Waals surface area contributed by atoms with Gasteiger partial charge in [0.1, 0.15) is 11.3 Å². The molecule has 7 rings (SSSR count). The van der Waals surface area contributed by atoms with Crippen LogP contribution in [0.5, 0.6) is 0 Å². The Kier molecular flexibility index (Phi) is 4.92. The van der Waals surface area contributed by atoms with Gasteiger partial charge in [0, 0.05) is 25.8 Å². The SMILES string of the molecule is O=C1CN(C(=O)Cc2cn3c(C(=O)NCC45CC6CC(CC(C6)C4)C5)cccc3n2)CCN1. The number of aromatic nitrogens is 2. The molecule has 3 heterocycles. The first-order chi connectivity index (χ1) is 16.0. The second kappa shape index (κ2) is 7.85. The fraction of sp³-hybridized carbons (Fsp3) is 0.600. The molecular formula is C25H31N5O3. The summed E-state index contributed by atoms with van der Waals surface area (Å²) in [5.74, 6) is 2.23. The molecule has 8 heteroatoms. The summed E-state index contributed by atoms with van der Waals surface area (Å²) in [6, 6.07) is 5.49. The maximum atomic E-state index is 13.2. The lowest BCUT2D eigenvalue weighted by atomic mass is 9.49. The summed E-state index contributed by atoms with van der Waals surface area (Å²) in [5, 5.41) is 5.98. The minimum atomic E-state index is -0.136. The van der Waals surface area contributed by atoms with Crippen LogP contribution in [0.25, 0.3) is 5.65 Å². The van der Waals surface area contributed by atoms with Crippen LogP contribution in [-0.2, 0) is 16.0 Å². The molecule has 0 atom stereocenters. The van der Waals surface area contributed by atoms with Gasteiger partial charge in [0.05, 0.1) is 18.7 Å². The third-order valence-corrected chi connectivity index (χ3v) is 8.29. The van der Waals surface area contributed by atoms with Crippen LogP contribution < -0.4 is 10.6 Å². The van der Waals surface area contributed by atoms with Crippen molar-refractivity contribution >= 4 is 23.4 Å². The summed E-state index contributed by atoms with van der Waals surface area (Å²) in [5.41, 5.74) is 2.08. The Bertz CT molecular complexity index is 1090. The molecule has 4 bridgehead atoms. The van der Waals surface area contributed by atoms with E-state index in [2.05, 4.69) is 15.6 Å². The summed E-state index contributed by atoms with van der Waals surface area (Å²) in [6.45, 7) is 1.83. The van der Waals surface area contributed by atoms with Crippen molar-refractivity contribution in [3.63, 3.8) is 0 Å². The molecule has 4 aliphatic carbocycles. The monoisotopic (exact) mass is 449 g/mol. The largest absolute Gasteiger partial charge is 0.353 e. The van der Waals surface area contributed by atoms with Crippen molar-refractivity contribution in [1.29, 1.82) is 0 Å². The first kappa shape index (κ1) is 20.7. The van der Waals surface area contributed by atoms with Crippen molar-refractivity contribution in [2.24, 2.45) is 23.2 Å². The van der Waals surface area contributed by atoms with E-state index in [1.54, 1.807) is 15.5 Å². The van der Waals surface area contributed by atoms with Gasteiger partial charge in [-0.3, -0.25) is 18.8 Å². The van der Waals surface area contributed by atoms with E-state index in [0.717, 1.165) is 24.3 Å². The van der Waals surface area contributed by atoms with E-state index in [9.17, 15) is 14.4 Å². The molecule has 5 aliphatic rings. The number of fused-ring (bicyclic) bond motifs is 1. The van der Waals surface area contributed by atoms with Gasteiger partial charge in [0.15, 0.2) is 0 Å². The number of imidazole rings is 1. The summed E-state index contributed by atoms with van der Waals surface area (Å²) in [4.78, 5) is 43.5. The Balaban J connectivity index is 1.15. The van der Waals surface area contributed by atoms with Crippen molar-refractivity contribution in [3.05, 3.63) is 35.8 Å². The smallest absolute Gasteiger partial charge is 0.268 e. The lowest BCUT2D eigenvalue weighted by Crippen LogP contribution is -2.51. The second-order valence-electron chi connectivity index (χ2n) is 10.8. The third kappa shape index (κ3) is 3.89. The van der Waals surface area contributed by atoms with Gasteiger partial charge in [-0.1, -0.05) is 6.07 Å². The van der Waals surface area contributed by atoms with E-state index in [0.29, 0.717) is 30.1 Å². The molecule has 33 heavy (non-hydrogen) atoms. The minimum absolute atomic E-state index is 0.0840. The molecule has 0 aromatic carbocycles. The predicted molar refractivity (Wildman–Crippen MR) is 121 cm³/mol. The van der Waals surface area contributed by atoms with Crippen molar-refractivity contribution < 1.29 is 14.4 Å². The van der Waals surface area contributed by atoms with E-state index in [1.165, 1.54) is 38.5 Å². The third-order valence-electron chi connectivity index (χ3n) is 8.29. The molecule has 5 fully saturated rings. The molecule has 0 unspecified atom stereocenters. The van der Waals surface area contributed by atoms with E-state index in [4.69, 9.17) is 0 Å². The van der Waals surface area contributed by atoms with E-state index >= 15 is 0 Å². The van der Waals surface area contributed by atoms with Crippen molar-refractivity contribution in [1.82, 2.24) is 24.9 Å². The zero-order chi connectivity index (χ0) is 22.6. The van der Waals surface area contributed by atoms with Crippen LogP contribution >= 0.6 is 0 Å². The number of carbonyl (C=O) groups excluding carboxylic acids is 3. The van der Waals surface area contributed by atoms with Crippen molar-refractivity contribution in [2.75, 3.05) is 26.2 Å². The molecule has 1 aliphatic heterocycles. The molecule has 0 radical (unpaired) electrons. The molecule has 174 valence electrons. The highest BCUT2D eigenvalue weighted by atomic mass is 16.2. The molecule has 8 nitrogen and oxygen atoms in total. The highest BCUT2D eigenvalue weighted by molar-refractivity contribution is 5.93. The van der Waals surface area contributed by atoms with Gasteiger partial charge < -0.3 is 15.5 Å². The highest BCUT2D eigenvalue weighted by Gasteiger charge is 2.50. The lowest BCUT2D eigenvalue weighted by Gasteiger charge is -2.56. The number of pyridine rings is 1. The Morgan fingerprint density at radius 1 is 1.12 bits per heavy atom. The van der Waals surface area contributed by atoms with Crippen LogP contribution in [0.1, 0.15) is 54.7 Å². The quantitative estimate of drug-likeness (QED) is 0.727. The number of nitrogens with zero attached hydrogens (tertiary/aromatic N) is 3. The molecule has 2 aromatic rings. The van der Waals surface area contributed by atoms with Crippen LogP contribution in [0.3, 0.4) is 0 Å².